The summed E-state index contributed by atoms with van der Waals surface area (Å²) in [6.07, 6.45) is -0.898. The van der Waals surface area contributed by atoms with Crippen LogP contribution in [-0.2, 0) is 20.9 Å². The maximum absolute atomic E-state index is 13.7. The monoisotopic (exact) mass is 376 g/mol. The highest BCUT2D eigenvalue weighted by atomic mass is 35.5. The molecular weight excluding hydrogens is 359 g/mol. The number of carbonyl (C=O) groups excluding carboxylic acids is 2. The Morgan fingerprint density at radius 1 is 1.27 bits per heavy atom. The molecule has 0 aromatic heterocycles. The van der Waals surface area contributed by atoms with Crippen molar-refractivity contribution in [2.45, 2.75) is 18.7 Å². The minimum Gasteiger partial charge on any atom is -0.356 e. The average Bonchev–Trinajstić information content (AvgIpc) is 2.64. The summed E-state index contributed by atoms with van der Waals surface area (Å²) in [4.78, 5) is 26.2. The van der Waals surface area contributed by atoms with E-state index in [9.17, 15) is 14.0 Å². The van der Waals surface area contributed by atoms with Crippen LogP contribution in [0.1, 0.15) is 17.2 Å². The molecule has 1 N–H and O–H groups in total. The van der Waals surface area contributed by atoms with Gasteiger partial charge in [-0.25, -0.2) is 4.39 Å². The topological polar surface area (TPSA) is 58.6 Å². The maximum Gasteiger partial charge on any atom is 0.251 e. The Morgan fingerprint density at radius 3 is 2.65 bits per heavy atom. The molecule has 1 heterocycles. The van der Waals surface area contributed by atoms with E-state index >= 15 is 0 Å². The van der Waals surface area contributed by atoms with Crippen LogP contribution in [-0.4, -0.2) is 36.5 Å². The number of nitrogens with zero attached hydrogens (tertiary/aromatic N) is 1. The Balaban J connectivity index is 1.79. The lowest BCUT2D eigenvalue weighted by Crippen LogP contribution is -2.52. The first-order valence-corrected chi connectivity index (χ1v) is 8.49. The molecule has 0 aliphatic carbocycles. The van der Waals surface area contributed by atoms with Crippen LogP contribution >= 0.6 is 11.6 Å². The van der Waals surface area contributed by atoms with E-state index in [1.54, 1.807) is 49.5 Å². The van der Waals surface area contributed by atoms with Crippen molar-refractivity contribution in [1.29, 1.82) is 0 Å². The van der Waals surface area contributed by atoms with Gasteiger partial charge >= 0.3 is 0 Å². The summed E-state index contributed by atoms with van der Waals surface area (Å²) in [6, 6.07) is 12.5. The van der Waals surface area contributed by atoms with Crippen molar-refractivity contribution in [3.8, 4) is 0 Å². The molecule has 5 nitrogen and oxygen atoms in total. The minimum absolute atomic E-state index is 0.0381. The molecule has 1 saturated heterocycles. The van der Waals surface area contributed by atoms with Crippen LogP contribution in [0.15, 0.2) is 48.5 Å². The van der Waals surface area contributed by atoms with Gasteiger partial charge in [0.25, 0.3) is 5.91 Å². The van der Waals surface area contributed by atoms with Crippen molar-refractivity contribution in [3.63, 3.8) is 0 Å². The van der Waals surface area contributed by atoms with Gasteiger partial charge in [-0.15, -0.1) is 0 Å². The molecule has 26 heavy (non-hydrogen) atoms. The number of morpholine rings is 1. The number of hydrogen-bond donors (Lipinski definition) is 1. The van der Waals surface area contributed by atoms with Crippen LogP contribution in [0.2, 0.25) is 5.02 Å². The normalized spacial score (nSPS) is 20.1. The number of rotatable bonds is 4. The Kier molecular flexibility index (Phi) is 5.54. The lowest BCUT2D eigenvalue weighted by Gasteiger charge is -2.38. The maximum atomic E-state index is 13.7. The second-order valence-corrected chi connectivity index (χ2v) is 6.48. The minimum atomic E-state index is -0.898. The molecular formula is C19H18ClFN2O3. The Bertz CT molecular complexity index is 813. The largest absolute Gasteiger partial charge is 0.356 e. The fourth-order valence-corrected chi connectivity index (χ4v) is 3.04. The fraction of sp³-hybridized carbons (Fsp3) is 0.263. The van der Waals surface area contributed by atoms with Gasteiger partial charge in [-0.1, -0.05) is 41.9 Å². The van der Waals surface area contributed by atoms with E-state index in [0.717, 1.165) is 5.56 Å². The molecule has 1 aliphatic rings. The van der Waals surface area contributed by atoms with Crippen molar-refractivity contribution in [2.24, 2.45) is 0 Å². The highest BCUT2D eigenvalue weighted by molar-refractivity contribution is 6.30. The number of hydrogen-bond acceptors (Lipinski definition) is 3. The van der Waals surface area contributed by atoms with E-state index in [-0.39, 0.29) is 24.9 Å². The Morgan fingerprint density at radius 2 is 1.96 bits per heavy atom. The third-order valence-electron chi connectivity index (χ3n) is 4.36. The summed E-state index contributed by atoms with van der Waals surface area (Å²) in [6.45, 7) is -0.144. The van der Waals surface area contributed by atoms with Gasteiger partial charge in [-0.05, 0) is 23.8 Å². The molecule has 2 amide bonds. The smallest absolute Gasteiger partial charge is 0.251 e. The molecule has 0 saturated carbocycles. The van der Waals surface area contributed by atoms with Crippen LogP contribution in [0.3, 0.4) is 0 Å². The first kappa shape index (κ1) is 18.4. The number of nitrogens with one attached hydrogen (secondary N) is 1. The second kappa shape index (κ2) is 7.85. The standard InChI is InChI=1S/C19H18ClFN2O3/c1-23-16(24)11-26-18(17(23)12-6-8-14(20)9-7-12)19(25)22-10-13-4-2-3-5-15(13)21/h2-9,17-18H,10-11H2,1H3,(H,22,25). The molecule has 2 unspecified atom stereocenters. The summed E-state index contributed by atoms with van der Waals surface area (Å²) >= 11 is 5.92. The van der Waals surface area contributed by atoms with Crippen LogP contribution < -0.4 is 5.32 Å². The summed E-state index contributed by atoms with van der Waals surface area (Å²) in [7, 11) is 1.63. The van der Waals surface area contributed by atoms with Crippen molar-refractivity contribution < 1.29 is 18.7 Å². The third-order valence-corrected chi connectivity index (χ3v) is 4.62. The highest BCUT2D eigenvalue weighted by Gasteiger charge is 2.39. The van der Waals surface area contributed by atoms with Gasteiger partial charge in [0.1, 0.15) is 12.4 Å². The third kappa shape index (κ3) is 3.86. The fourth-order valence-electron chi connectivity index (χ4n) is 2.91. The van der Waals surface area contributed by atoms with Crippen molar-refractivity contribution >= 4 is 23.4 Å². The van der Waals surface area contributed by atoms with Crippen LogP contribution in [0, 0.1) is 5.82 Å². The zero-order chi connectivity index (χ0) is 18.7. The van der Waals surface area contributed by atoms with Crippen LogP contribution in [0.4, 0.5) is 4.39 Å². The second-order valence-electron chi connectivity index (χ2n) is 6.04. The quantitative estimate of drug-likeness (QED) is 0.892. The number of benzene rings is 2. The molecule has 2 atom stereocenters. The Labute approximate surface area is 155 Å². The molecule has 2 aromatic carbocycles. The summed E-state index contributed by atoms with van der Waals surface area (Å²) in [5.74, 6) is -1.02. The van der Waals surface area contributed by atoms with Gasteiger partial charge in [-0.3, -0.25) is 9.59 Å². The van der Waals surface area contributed by atoms with E-state index in [1.165, 1.54) is 11.0 Å². The highest BCUT2D eigenvalue weighted by Crippen LogP contribution is 2.30. The summed E-state index contributed by atoms with van der Waals surface area (Å²) < 4.78 is 19.2. The molecule has 3 rings (SSSR count). The molecule has 0 spiro atoms. The van der Waals surface area contributed by atoms with E-state index in [2.05, 4.69) is 5.32 Å². The number of likely N-dealkylation sites (N-methyl/N-ethyl adjacent to an activating group) is 1. The summed E-state index contributed by atoms with van der Waals surface area (Å²) in [5.41, 5.74) is 1.11. The Hall–Kier alpha value is -2.44. The van der Waals surface area contributed by atoms with Gasteiger partial charge in [0.2, 0.25) is 5.91 Å². The zero-order valence-corrected chi connectivity index (χ0v) is 14.9. The summed E-state index contributed by atoms with van der Waals surface area (Å²) in [5, 5.41) is 3.24. The van der Waals surface area contributed by atoms with E-state index in [1.807, 2.05) is 0 Å². The van der Waals surface area contributed by atoms with Gasteiger partial charge in [0, 0.05) is 24.2 Å². The molecule has 7 heteroatoms. The zero-order valence-electron chi connectivity index (χ0n) is 14.1. The molecule has 2 aromatic rings. The number of carbonyl (C=O) groups is 2. The first-order chi connectivity index (χ1) is 12.5. The molecule has 0 radical (unpaired) electrons. The van der Waals surface area contributed by atoms with Gasteiger partial charge in [0.05, 0.1) is 6.04 Å². The van der Waals surface area contributed by atoms with Crippen molar-refractivity contribution in [1.82, 2.24) is 10.2 Å². The number of ether oxygens (including phenoxy) is 1. The predicted molar refractivity (Wildman–Crippen MR) is 94.9 cm³/mol. The lowest BCUT2D eigenvalue weighted by atomic mass is 9.97. The lowest BCUT2D eigenvalue weighted by molar-refractivity contribution is -0.162. The predicted octanol–water partition coefficient (Wildman–Crippen LogP) is 2.69. The number of halogens is 2. The average molecular weight is 377 g/mol. The molecule has 1 fully saturated rings. The van der Waals surface area contributed by atoms with Crippen LogP contribution in [0.25, 0.3) is 0 Å². The van der Waals surface area contributed by atoms with E-state index < -0.39 is 18.1 Å². The number of amides is 2. The van der Waals surface area contributed by atoms with Gasteiger partial charge in [0.15, 0.2) is 6.10 Å². The molecule has 136 valence electrons. The van der Waals surface area contributed by atoms with Gasteiger partial charge < -0.3 is 15.0 Å². The van der Waals surface area contributed by atoms with Crippen LogP contribution in [0.5, 0.6) is 0 Å². The molecule has 1 aliphatic heterocycles. The molecule has 0 bridgehead atoms. The first-order valence-electron chi connectivity index (χ1n) is 8.11. The van der Waals surface area contributed by atoms with Gasteiger partial charge in [-0.2, -0.15) is 0 Å². The van der Waals surface area contributed by atoms with Crippen molar-refractivity contribution in [2.75, 3.05) is 13.7 Å². The van der Waals surface area contributed by atoms with Crippen molar-refractivity contribution in [3.05, 3.63) is 70.5 Å². The van der Waals surface area contributed by atoms with E-state index in [4.69, 9.17) is 16.3 Å². The van der Waals surface area contributed by atoms with E-state index in [0.29, 0.717) is 10.6 Å². The SMILES string of the molecule is CN1C(=O)COC(C(=O)NCc2ccccc2F)C1c1ccc(Cl)cc1.